The van der Waals surface area contributed by atoms with Crippen LogP contribution in [0.15, 0.2) is 70.0 Å². The second-order valence-corrected chi connectivity index (χ2v) is 11.3. The van der Waals surface area contributed by atoms with Gasteiger partial charge in [0.25, 0.3) is 15.9 Å². The van der Waals surface area contributed by atoms with Crippen LogP contribution in [-0.4, -0.2) is 20.9 Å². The fraction of sp³-hybridized carbons (Fsp3) is 0.296. The Morgan fingerprint density at radius 3 is 2.38 bits per heavy atom. The number of benzene rings is 3. The molecule has 180 valence electrons. The Hall–Kier alpha value is -2.64. The van der Waals surface area contributed by atoms with Gasteiger partial charge < -0.3 is 4.74 Å². The first-order valence-electron chi connectivity index (χ1n) is 11.3. The molecule has 0 atom stereocenters. The molecule has 5 nitrogen and oxygen atoms in total. The lowest BCUT2D eigenvalue weighted by Crippen LogP contribution is -2.31. The predicted molar refractivity (Wildman–Crippen MR) is 140 cm³/mol. The predicted octanol–water partition coefficient (Wildman–Crippen LogP) is 6.53. The van der Waals surface area contributed by atoms with E-state index in [0.717, 1.165) is 38.9 Å². The molecule has 0 aliphatic rings. The number of carbonyl (C=O) groups excluding carboxylic acids is 1. The summed E-state index contributed by atoms with van der Waals surface area (Å²) in [6, 6.07) is 17.7. The van der Waals surface area contributed by atoms with E-state index in [1.807, 2.05) is 31.2 Å². The molecule has 7 heteroatoms. The van der Waals surface area contributed by atoms with Crippen molar-refractivity contribution in [2.75, 3.05) is 6.61 Å². The second-order valence-electron chi connectivity index (χ2n) is 8.71. The summed E-state index contributed by atoms with van der Waals surface area (Å²) in [6.45, 7) is 8.83. The molecule has 3 rings (SSSR count). The van der Waals surface area contributed by atoms with Crippen molar-refractivity contribution < 1.29 is 17.9 Å². The van der Waals surface area contributed by atoms with Crippen LogP contribution in [0.4, 0.5) is 0 Å². The summed E-state index contributed by atoms with van der Waals surface area (Å²) in [5, 5.41) is 0. The van der Waals surface area contributed by atoms with E-state index in [9.17, 15) is 13.2 Å². The molecule has 0 heterocycles. The molecule has 0 spiro atoms. The van der Waals surface area contributed by atoms with E-state index < -0.39 is 15.9 Å². The van der Waals surface area contributed by atoms with Crippen molar-refractivity contribution in [3.63, 3.8) is 0 Å². The summed E-state index contributed by atoms with van der Waals surface area (Å²) in [4.78, 5) is 13.1. The minimum Gasteiger partial charge on any atom is -0.493 e. The minimum atomic E-state index is -3.99. The fourth-order valence-corrected chi connectivity index (χ4v) is 4.88. The smallest absolute Gasteiger partial charge is 0.265 e. The van der Waals surface area contributed by atoms with Crippen molar-refractivity contribution in [1.29, 1.82) is 0 Å². The van der Waals surface area contributed by atoms with Gasteiger partial charge in [-0.15, -0.1) is 0 Å². The first kappa shape index (κ1) is 26.0. The zero-order valence-corrected chi connectivity index (χ0v) is 22.3. The quantitative estimate of drug-likeness (QED) is 0.333. The summed E-state index contributed by atoms with van der Waals surface area (Å²) >= 11 is 3.29. The highest BCUT2D eigenvalue weighted by Crippen LogP contribution is 2.33. The van der Waals surface area contributed by atoms with Gasteiger partial charge >= 0.3 is 0 Å². The molecule has 0 fully saturated rings. The average Bonchev–Trinajstić information content (AvgIpc) is 2.77. The largest absolute Gasteiger partial charge is 0.493 e. The monoisotopic (exact) mass is 543 g/mol. The van der Waals surface area contributed by atoms with E-state index in [-0.39, 0.29) is 10.8 Å². The van der Waals surface area contributed by atoms with Crippen molar-refractivity contribution in [3.05, 3.63) is 81.8 Å². The molecular weight excluding hydrogens is 514 g/mol. The Balaban J connectivity index is 1.99. The number of amides is 1. The fourth-order valence-electron chi connectivity index (χ4n) is 3.65. The third-order valence-corrected chi connectivity index (χ3v) is 7.11. The summed E-state index contributed by atoms with van der Waals surface area (Å²) in [7, 11) is -3.99. The summed E-state index contributed by atoms with van der Waals surface area (Å²) in [5.74, 6) is 0.424. The third kappa shape index (κ3) is 6.48. The van der Waals surface area contributed by atoms with Crippen LogP contribution in [0.25, 0.3) is 11.1 Å². The lowest BCUT2D eigenvalue weighted by Gasteiger charge is -2.16. The number of hydrogen-bond donors (Lipinski definition) is 1. The zero-order valence-electron chi connectivity index (χ0n) is 19.9. The number of ether oxygens (including phenoxy) is 1. The van der Waals surface area contributed by atoms with Crippen molar-refractivity contribution >= 4 is 31.9 Å². The van der Waals surface area contributed by atoms with E-state index in [0.29, 0.717) is 18.6 Å². The molecule has 1 amide bonds. The standard InChI is InChI=1S/C27H30BrNO4S/c1-5-14-33-26-13-6-19(4)16-25(26)20-7-12-24(21(17-20)15-18(2)3)27(30)29-34(31,32)23-10-8-22(28)9-11-23/h6-13,16-18H,5,14-15H2,1-4H3,(H,29,30). The van der Waals surface area contributed by atoms with E-state index in [1.165, 1.54) is 12.1 Å². The van der Waals surface area contributed by atoms with Crippen LogP contribution in [0.2, 0.25) is 0 Å². The Bertz CT molecular complexity index is 1270. The molecule has 0 aliphatic carbocycles. The zero-order chi connectivity index (χ0) is 24.9. The highest BCUT2D eigenvalue weighted by atomic mass is 79.9. The molecule has 0 aliphatic heterocycles. The molecule has 0 saturated carbocycles. The van der Waals surface area contributed by atoms with Crippen LogP contribution in [0, 0.1) is 12.8 Å². The van der Waals surface area contributed by atoms with Crippen LogP contribution in [0.3, 0.4) is 0 Å². The van der Waals surface area contributed by atoms with Gasteiger partial charge in [0.15, 0.2) is 0 Å². The number of aryl methyl sites for hydroxylation is 1. The highest BCUT2D eigenvalue weighted by Gasteiger charge is 2.22. The van der Waals surface area contributed by atoms with Crippen LogP contribution in [0.5, 0.6) is 5.75 Å². The van der Waals surface area contributed by atoms with E-state index in [4.69, 9.17) is 4.74 Å². The number of sulfonamides is 1. The van der Waals surface area contributed by atoms with Crippen LogP contribution >= 0.6 is 15.9 Å². The highest BCUT2D eigenvalue weighted by molar-refractivity contribution is 9.10. The van der Waals surface area contributed by atoms with Gasteiger partial charge in [-0.05, 0) is 79.3 Å². The van der Waals surface area contributed by atoms with Crippen molar-refractivity contribution in [1.82, 2.24) is 4.72 Å². The Kier molecular flexibility index (Phi) is 8.55. The third-order valence-electron chi connectivity index (χ3n) is 5.24. The molecule has 0 bridgehead atoms. The van der Waals surface area contributed by atoms with Gasteiger partial charge in [-0.3, -0.25) is 4.79 Å². The molecule has 0 radical (unpaired) electrons. The van der Waals surface area contributed by atoms with Crippen molar-refractivity contribution in [3.8, 4) is 16.9 Å². The minimum absolute atomic E-state index is 0.0311. The maximum atomic E-state index is 13.1. The maximum Gasteiger partial charge on any atom is 0.265 e. The average molecular weight is 545 g/mol. The number of hydrogen-bond acceptors (Lipinski definition) is 4. The van der Waals surface area contributed by atoms with Gasteiger partial charge in [0.1, 0.15) is 5.75 Å². The van der Waals surface area contributed by atoms with Gasteiger partial charge in [0, 0.05) is 15.6 Å². The van der Waals surface area contributed by atoms with Gasteiger partial charge in [0.05, 0.1) is 11.5 Å². The molecule has 0 unspecified atom stereocenters. The lowest BCUT2D eigenvalue weighted by molar-refractivity contribution is 0.0980. The molecule has 0 aromatic heterocycles. The number of rotatable bonds is 9. The topological polar surface area (TPSA) is 72.5 Å². The Labute approximate surface area is 210 Å². The van der Waals surface area contributed by atoms with Gasteiger partial charge in [-0.2, -0.15) is 0 Å². The van der Waals surface area contributed by atoms with Crippen LogP contribution in [-0.2, 0) is 16.4 Å². The van der Waals surface area contributed by atoms with E-state index in [2.05, 4.69) is 47.5 Å². The van der Waals surface area contributed by atoms with Crippen LogP contribution in [0.1, 0.15) is 48.7 Å². The lowest BCUT2D eigenvalue weighted by atomic mass is 9.92. The normalized spacial score (nSPS) is 11.5. The molecular formula is C27H30BrNO4S. The summed E-state index contributed by atoms with van der Waals surface area (Å²) in [5.41, 5.74) is 4.12. The molecule has 3 aromatic rings. The first-order chi connectivity index (χ1) is 16.1. The first-order valence-corrected chi connectivity index (χ1v) is 13.6. The molecule has 3 aromatic carbocycles. The summed E-state index contributed by atoms with van der Waals surface area (Å²) in [6.07, 6.45) is 1.53. The number of halogens is 1. The van der Waals surface area contributed by atoms with Crippen molar-refractivity contribution in [2.45, 2.75) is 45.4 Å². The maximum absolute atomic E-state index is 13.1. The van der Waals surface area contributed by atoms with E-state index >= 15 is 0 Å². The van der Waals surface area contributed by atoms with Crippen molar-refractivity contribution in [2.24, 2.45) is 5.92 Å². The van der Waals surface area contributed by atoms with Gasteiger partial charge in [-0.25, -0.2) is 13.1 Å². The Morgan fingerprint density at radius 2 is 1.74 bits per heavy atom. The van der Waals surface area contributed by atoms with Gasteiger partial charge in [-0.1, -0.05) is 60.5 Å². The molecule has 0 saturated heterocycles. The SMILES string of the molecule is CCCOc1ccc(C)cc1-c1ccc(C(=O)NS(=O)(=O)c2ccc(Br)cc2)c(CC(C)C)c1. The van der Waals surface area contributed by atoms with Gasteiger partial charge in [0.2, 0.25) is 0 Å². The Morgan fingerprint density at radius 1 is 1.03 bits per heavy atom. The van der Waals surface area contributed by atoms with E-state index in [1.54, 1.807) is 18.2 Å². The summed E-state index contributed by atoms with van der Waals surface area (Å²) < 4.78 is 34.5. The molecule has 1 N–H and O–H groups in total. The number of carbonyl (C=O) groups is 1. The van der Waals surface area contributed by atoms with Crippen LogP contribution < -0.4 is 9.46 Å². The second kappa shape index (κ2) is 11.2. The number of nitrogens with one attached hydrogen (secondary N) is 1. The molecule has 34 heavy (non-hydrogen) atoms.